The zero-order valence-corrected chi connectivity index (χ0v) is 15.8. The van der Waals surface area contributed by atoms with Crippen LogP contribution in [-0.4, -0.2) is 27.4 Å². The number of carboxylic acids is 1. The number of hydrogen-bond donors (Lipinski definition) is 2. The van der Waals surface area contributed by atoms with Gasteiger partial charge in [0.1, 0.15) is 5.69 Å². The van der Waals surface area contributed by atoms with E-state index in [1.807, 2.05) is 52.7 Å². The average Bonchev–Trinajstić information content (AvgIpc) is 3.29. The van der Waals surface area contributed by atoms with Crippen LogP contribution in [0.5, 0.6) is 0 Å². The van der Waals surface area contributed by atoms with Crippen LogP contribution in [0.1, 0.15) is 25.8 Å². The van der Waals surface area contributed by atoms with E-state index in [1.54, 1.807) is 25.2 Å². The first kappa shape index (κ1) is 18.4. The molecule has 0 aliphatic carbocycles. The second-order valence-electron chi connectivity index (χ2n) is 6.88. The van der Waals surface area contributed by atoms with Gasteiger partial charge in [0.2, 0.25) is 0 Å². The van der Waals surface area contributed by atoms with Crippen molar-refractivity contribution in [1.29, 1.82) is 0 Å². The number of aromatic nitrogens is 2. The van der Waals surface area contributed by atoms with Crippen LogP contribution in [0.15, 0.2) is 54.0 Å². The van der Waals surface area contributed by atoms with Crippen LogP contribution in [0.4, 0.5) is 0 Å². The molecule has 0 saturated carbocycles. The van der Waals surface area contributed by atoms with Crippen molar-refractivity contribution < 1.29 is 9.90 Å². The molecule has 0 saturated heterocycles. The summed E-state index contributed by atoms with van der Waals surface area (Å²) in [6.45, 7) is 4.79. The highest BCUT2D eigenvalue weighted by molar-refractivity contribution is 7.13. The average molecular weight is 369 g/mol. The number of rotatable bonds is 8. The van der Waals surface area contributed by atoms with E-state index in [9.17, 15) is 9.90 Å². The maximum atomic E-state index is 11.2. The molecule has 2 heterocycles. The molecule has 0 aliphatic heterocycles. The van der Waals surface area contributed by atoms with Crippen LogP contribution in [0.25, 0.3) is 16.3 Å². The van der Waals surface area contributed by atoms with E-state index < -0.39 is 11.4 Å². The smallest absolute Gasteiger partial charge is 0.309 e. The summed E-state index contributed by atoms with van der Waals surface area (Å²) in [4.78, 5) is 12.3. The molecule has 3 rings (SSSR count). The van der Waals surface area contributed by atoms with Crippen LogP contribution in [-0.2, 0) is 11.3 Å². The van der Waals surface area contributed by atoms with Gasteiger partial charge >= 0.3 is 5.97 Å². The molecule has 0 atom stereocenters. The first-order valence-electron chi connectivity index (χ1n) is 8.59. The van der Waals surface area contributed by atoms with E-state index in [0.717, 1.165) is 21.8 Å². The van der Waals surface area contributed by atoms with Gasteiger partial charge in [0, 0.05) is 18.3 Å². The minimum Gasteiger partial charge on any atom is -0.481 e. The molecule has 5 nitrogen and oxygen atoms in total. The third kappa shape index (κ3) is 4.20. The summed E-state index contributed by atoms with van der Waals surface area (Å²) in [5, 5.41) is 19.4. The Morgan fingerprint density at radius 3 is 2.65 bits per heavy atom. The van der Waals surface area contributed by atoms with Crippen molar-refractivity contribution in [1.82, 2.24) is 15.1 Å². The monoisotopic (exact) mass is 369 g/mol. The van der Waals surface area contributed by atoms with Crippen LogP contribution >= 0.6 is 11.3 Å². The fourth-order valence-corrected chi connectivity index (χ4v) is 3.35. The minimum atomic E-state index is -0.768. The Morgan fingerprint density at radius 2 is 2.00 bits per heavy atom. The molecule has 0 bridgehead atoms. The summed E-state index contributed by atoms with van der Waals surface area (Å²) in [5.74, 6) is -0.768. The predicted molar refractivity (Wildman–Crippen MR) is 105 cm³/mol. The summed E-state index contributed by atoms with van der Waals surface area (Å²) in [5.41, 5.74) is 2.36. The van der Waals surface area contributed by atoms with Gasteiger partial charge in [-0.15, -0.1) is 11.3 Å². The molecule has 136 valence electrons. The van der Waals surface area contributed by atoms with Crippen molar-refractivity contribution in [2.75, 3.05) is 6.54 Å². The molecule has 2 aromatic heterocycles. The standard InChI is InChI=1S/C20H23N3O2S/c1-20(2,19(24)25)10-11-21-13-15-14-23(16-7-4-3-5-8-16)22-18(15)17-9-6-12-26-17/h3-9,12,14,21H,10-11,13H2,1-2H3,(H,24,25). The topological polar surface area (TPSA) is 67.2 Å². The summed E-state index contributed by atoms with van der Waals surface area (Å²) in [6.07, 6.45) is 2.61. The van der Waals surface area contributed by atoms with Gasteiger partial charge in [-0.25, -0.2) is 4.68 Å². The Bertz CT molecular complexity index is 855. The van der Waals surface area contributed by atoms with E-state index >= 15 is 0 Å². The molecule has 26 heavy (non-hydrogen) atoms. The van der Waals surface area contributed by atoms with E-state index in [1.165, 1.54) is 0 Å². The van der Waals surface area contributed by atoms with Crippen LogP contribution < -0.4 is 5.32 Å². The summed E-state index contributed by atoms with van der Waals surface area (Å²) < 4.78 is 1.90. The number of thiophene rings is 1. The highest BCUT2D eigenvalue weighted by Crippen LogP contribution is 2.28. The van der Waals surface area contributed by atoms with E-state index in [2.05, 4.69) is 11.4 Å². The highest BCUT2D eigenvalue weighted by Gasteiger charge is 2.26. The predicted octanol–water partition coefficient (Wildman–Crippen LogP) is 4.19. The largest absolute Gasteiger partial charge is 0.481 e. The quantitative estimate of drug-likeness (QED) is 0.584. The van der Waals surface area contributed by atoms with Crippen molar-refractivity contribution in [3.63, 3.8) is 0 Å². The number of nitrogens with zero attached hydrogens (tertiary/aromatic N) is 2. The molecule has 0 radical (unpaired) electrons. The molecule has 0 amide bonds. The van der Waals surface area contributed by atoms with Crippen molar-refractivity contribution in [3.8, 4) is 16.3 Å². The third-order valence-electron chi connectivity index (χ3n) is 4.39. The Hall–Kier alpha value is -2.44. The molecule has 0 aliphatic rings. The van der Waals surface area contributed by atoms with Crippen LogP contribution in [0.2, 0.25) is 0 Å². The number of para-hydroxylation sites is 1. The molecule has 0 spiro atoms. The lowest BCUT2D eigenvalue weighted by Gasteiger charge is -2.18. The zero-order valence-electron chi connectivity index (χ0n) is 15.0. The Balaban J connectivity index is 1.75. The Kier molecular flexibility index (Phi) is 5.54. The van der Waals surface area contributed by atoms with Crippen LogP contribution in [0, 0.1) is 5.41 Å². The summed E-state index contributed by atoms with van der Waals surface area (Å²) >= 11 is 1.66. The van der Waals surface area contributed by atoms with E-state index in [4.69, 9.17) is 5.10 Å². The van der Waals surface area contributed by atoms with Crippen LogP contribution in [0.3, 0.4) is 0 Å². The number of carbonyl (C=O) groups is 1. The molecule has 1 aromatic carbocycles. The number of carboxylic acid groups (broad SMARTS) is 1. The zero-order chi connectivity index (χ0) is 18.6. The Morgan fingerprint density at radius 1 is 1.23 bits per heavy atom. The second-order valence-corrected chi connectivity index (χ2v) is 7.82. The number of benzene rings is 1. The SMILES string of the molecule is CC(C)(CCNCc1cn(-c2ccccc2)nc1-c1cccs1)C(=O)O. The first-order chi connectivity index (χ1) is 12.5. The number of nitrogens with one attached hydrogen (secondary N) is 1. The van der Waals surface area contributed by atoms with Gasteiger partial charge in [0.25, 0.3) is 0 Å². The van der Waals surface area contributed by atoms with E-state index in [0.29, 0.717) is 19.5 Å². The van der Waals surface area contributed by atoms with Gasteiger partial charge in [-0.3, -0.25) is 4.79 Å². The lowest BCUT2D eigenvalue weighted by Crippen LogP contribution is -2.28. The van der Waals surface area contributed by atoms with Crippen molar-refractivity contribution in [3.05, 3.63) is 59.6 Å². The fraction of sp³-hybridized carbons (Fsp3) is 0.300. The third-order valence-corrected chi connectivity index (χ3v) is 5.26. The summed E-state index contributed by atoms with van der Waals surface area (Å²) in [6, 6.07) is 14.1. The number of hydrogen-bond acceptors (Lipinski definition) is 4. The first-order valence-corrected chi connectivity index (χ1v) is 9.47. The van der Waals surface area contributed by atoms with Gasteiger partial charge in [0.05, 0.1) is 16.0 Å². The maximum Gasteiger partial charge on any atom is 0.309 e. The minimum absolute atomic E-state index is 0.573. The molecular weight excluding hydrogens is 346 g/mol. The van der Waals surface area contributed by atoms with Gasteiger partial charge in [0.15, 0.2) is 0 Å². The lowest BCUT2D eigenvalue weighted by molar-refractivity contribution is -0.147. The van der Waals surface area contributed by atoms with Crippen molar-refractivity contribution in [2.45, 2.75) is 26.8 Å². The van der Waals surface area contributed by atoms with Gasteiger partial charge in [-0.1, -0.05) is 24.3 Å². The van der Waals surface area contributed by atoms with Gasteiger partial charge in [-0.2, -0.15) is 5.10 Å². The molecule has 2 N–H and O–H groups in total. The second kappa shape index (κ2) is 7.85. The highest BCUT2D eigenvalue weighted by atomic mass is 32.1. The van der Waals surface area contributed by atoms with Gasteiger partial charge < -0.3 is 10.4 Å². The molecule has 6 heteroatoms. The maximum absolute atomic E-state index is 11.2. The van der Waals surface area contributed by atoms with E-state index in [-0.39, 0.29) is 0 Å². The molecule has 0 fully saturated rings. The lowest BCUT2D eigenvalue weighted by atomic mass is 9.90. The van der Waals surface area contributed by atoms with Crippen molar-refractivity contribution in [2.24, 2.45) is 5.41 Å². The Labute approximate surface area is 157 Å². The molecule has 0 unspecified atom stereocenters. The number of aliphatic carboxylic acids is 1. The molecule has 3 aromatic rings. The normalized spacial score (nSPS) is 11.6. The fourth-order valence-electron chi connectivity index (χ4n) is 2.60. The van der Waals surface area contributed by atoms with Gasteiger partial charge in [-0.05, 0) is 50.4 Å². The molecular formula is C20H23N3O2S. The summed E-state index contributed by atoms with van der Waals surface area (Å²) in [7, 11) is 0. The van der Waals surface area contributed by atoms with Crippen molar-refractivity contribution >= 4 is 17.3 Å².